The van der Waals surface area contributed by atoms with Crippen LogP contribution in [0.4, 0.5) is 13.2 Å². The third-order valence-corrected chi connectivity index (χ3v) is 3.76. The van der Waals surface area contributed by atoms with Crippen molar-refractivity contribution in [2.45, 2.75) is 32.0 Å². The Bertz CT molecular complexity index is 556. The summed E-state index contributed by atoms with van der Waals surface area (Å²) < 4.78 is 35.4. The molecule has 1 saturated heterocycles. The van der Waals surface area contributed by atoms with Crippen LogP contribution in [0.3, 0.4) is 0 Å². The first-order valence-electron chi connectivity index (χ1n) is 7.49. The largest absolute Gasteiger partial charge is 0.416 e. The van der Waals surface area contributed by atoms with Crippen LogP contribution in [0.1, 0.15) is 25.3 Å². The topological polar surface area (TPSA) is 58.2 Å². The Hall–Kier alpha value is -2.05. The van der Waals surface area contributed by atoms with Crippen LogP contribution in [-0.4, -0.2) is 24.4 Å². The predicted molar refractivity (Wildman–Crippen MR) is 78.3 cm³/mol. The molecule has 23 heavy (non-hydrogen) atoms. The Morgan fingerprint density at radius 2 is 1.83 bits per heavy atom. The fourth-order valence-electron chi connectivity index (χ4n) is 2.27. The minimum Gasteiger partial charge on any atom is -0.355 e. The average Bonchev–Trinajstić information content (AvgIpc) is 3.23. The molecule has 2 N–H and O–H groups in total. The molecule has 1 unspecified atom stereocenters. The number of carbonyl (C=O) groups is 2. The molecule has 1 heterocycles. The number of benzene rings is 1. The molecule has 126 valence electrons. The third kappa shape index (κ3) is 4.97. The molecule has 1 saturated carbocycles. The smallest absolute Gasteiger partial charge is 0.355 e. The third-order valence-electron chi connectivity index (χ3n) is 3.76. The van der Waals surface area contributed by atoms with E-state index in [1.807, 2.05) is 6.92 Å². The second-order valence-electron chi connectivity index (χ2n) is 5.85. The highest BCUT2D eigenvalue weighted by Gasteiger charge is 2.39. The highest BCUT2D eigenvalue weighted by atomic mass is 19.4. The molecule has 4 nitrogen and oxygen atoms in total. The maximum absolute atomic E-state index is 11.8. The fourth-order valence-corrected chi connectivity index (χ4v) is 2.27. The minimum atomic E-state index is -4.21. The lowest BCUT2D eigenvalue weighted by Gasteiger charge is -2.11. The van der Waals surface area contributed by atoms with Crippen molar-refractivity contribution in [2.24, 2.45) is 11.8 Å². The molecule has 1 aromatic rings. The van der Waals surface area contributed by atoms with Crippen LogP contribution < -0.4 is 10.6 Å². The number of amides is 2. The first-order valence-corrected chi connectivity index (χ1v) is 7.49. The standard InChI is InChI=1S/C9H14N2O2.C7H5F3/c1-5-4-10-8(12)7(5)9(13)11-6-2-3-6;8-7(9,10)6-4-2-1-3-5-6/h5-7H,2-4H2,1H3,(H,10,12)(H,11,13);1-5H/t5-,7?;/m0./s1. The number of halogens is 3. The maximum atomic E-state index is 11.8. The summed E-state index contributed by atoms with van der Waals surface area (Å²) in [5.74, 6) is -0.539. The van der Waals surface area contributed by atoms with Crippen LogP contribution in [0.5, 0.6) is 0 Å². The molecule has 0 radical (unpaired) electrons. The van der Waals surface area contributed by atoms with E-state index in [9.17, 15) is 22.8 Å². The Labute approximate surface area is 132 Å². The van der Waals surface area contributed by atoms with E-state index in [1.165, 1.54) is 12.1 Å². The van der Waals surface area contributed by atoms with Crippen LogP contribution in [-0.2, 0) is 15.8 Å². The zero-order valence-corrected chi connectivity index (χ0v) is 12.7. The number of hydrogen-bond acceptors (Lipinski definition) is 2. The van der Waals surface area contributed by atoms with Gasteiger partial charge in [0.1, 0.15) is 5.92 Å². The van der Waals surface area contributed by atoms with Gasteiger partial charge in [-0.15, -0.1) is 0 Å². The lowest BCUT2D eigenvalue weighted by Crippen LogP contribution is -2.38. The van der Waals surface area contributed by atoms with Crippen LogP contribution in [0.25, 0.3) is 0 Å². The molecule has 0 bridgehead atoms. The lowest BCUT2D eigenvalue weighted by molar-refractivity contribution is -0.137. The molecule has 7 heteroatoms. The summed E-state index contributed by atoms with van der Waals surface area (Å²) in [5, 5.41) is 5.55. The zero-order valence-electron chi connectivity index (χ0n) is 12.7. The van der Waals surface area contributed by atoms with E-state index in [1.54, 1.807) is 6.07 Å². The van der Waals surface area contributed by atoms with E-state index in [-0.39, 0.29) is 17.7 Å². The van der Waals surface area contributed by atoms with Crippen LogP contribution >= 0.6 is 0 Å². The normalized spacial score (nSPS) is 23.6. The van der Waals surface area contributed by atoms with Crippen molar-refractivity contribution in [2.75, 3.05) is 6.54 Å². The Morgan fingerprint density at radius 1 is 1.22 bits per heavy atom. The van der Waals surface area contributed by atoms with Crippen molar-refractivity contribution >= 4 is 11.8 Å². The molecule has 0 aromatic heterocycles. The van der Waals surface area contributed by atoms with Gasteiger partial charge in [-0.2, -0.15) is 13.2 Å². The van der Waals surface area contributed by atoms with Gasteiger partial charge >= 0.3 is 6.18 Å². The van der Waals surface area contributed by atoms with Gasteiger partial charge in [-0.25, -0.2) is 0 Å². The Kier molecular flexibility index (Phi) is 5.28. The van der Waals surface area contributed by atoms with Gasteiger partial charge < -0.3 is 10.6 Å². The molecule has 0 spiro atoms. The Morgan fingerprint density at radius 3 is 2.22 bits per heavy atom. The van der Waals surface area contributed by atoms with Gasteiger partial charge in [0.2, 0.25) is 11.8 Å². The maximum Gasteiger partial charge on any atom is 0.416 e. The van der Waals surface area contributed by atoms with E-state index >= 15 is 0 Å². The summed E-state index contributed by atoms with van der Waals surface area (Å²) in [4.78, 5) is 22.8. The average molecular weight is 328 g/mol. The van der Waals surface area contributed by atoms with Crippen LogP contribution in [0, 0.1) is 11.8 Å². The second-order valence-corrected chi connectivity index (χ2v) is 5.85. The number of hydrogen-bond donors (Lipinski definition) is 2. The number of carbonyl (C=O) groups excluding carboxylic acids is 2. The molecule has 3 rings (SSSR count). The summed E-state index contributed by atoms with van der Waals surface area (Å²) >= 11 is 0. The zero-order chi connectivity index (χ0) is 17.0. The Balaban J connectivity index is 0.000000174. The lowest BCUT2D eigenvalue weighted by atomic mass is 9.97. The summed E-state index contributed by atoms with van der Waals surface area (Å²) in [7, 11) is 0. The molecule has 2 amide bonds. The monoisotopic (exact) mass is 328 g/mol. The van der Waals surface area contributed by atoms with Gasteiger partial charge in [0, 0.05) is 12.6 Å². The molecule has 2 aliphatic rings. The SMILES string of the molecule is C[C@H]1CNC(=O)C1C(=O)NC1CC1.FC(F)(F)c1ccccc1. The first kappa shape index (κ1) is 17.3. The predicted octanol–water partition coefficient (Wildman–Crippen LogP) is 2.35. The quantitative estimate of drug-likeness (QED) is 0.819. The van der Waals surface area contributed by atoms with Gasteiger partial charge in [-0.3, -0.25) is 9.59 Å². The van der Waals surface area contributed by atoms with Crippen LogP contribution in [0.2, 0.25) is 0 Å². The fraction of sp³-hybridized carbons (Fsp3) is 0.500. The van der Waals surface area contributed by atoms with Crippen molar-refractivity contribution in [3.63, 3.8) is 0 Å². The van der Waals surface area contributed by atoms with E-state index in [0.29, 0.717) is 12.6 Å². The van der Waals surface area contributed by atoms with E-state index in [4.69, 9.17) is 0 Å². The molecular weight excluding hydrogens is 309 g/mol. The molecule has 2 fully saturated rings. The summed E-state index contributed by atoms with van der Waals surface area (Å²) in [6.07, 6.45) is -2.08. The van der Waals surface area contributed by atoms with Crippen molar-refractivity contribution in [1.82, 2.24) is 10.6 Å². The number of nitrogens with one attached hydrogen (secondary N) is 2. The summed E-state index contributed by atoms with van der Waals surface area (Å²) in [6.45, 7) is 2.55. The van der Waals surface area contributed by atoms with Crippen molar-refractivity contribution in [3.8, 4) is 0 Å². The van der Waals surface area contributed by atoms with Gasteiger partial charge in [0.15, 0.2) is 0 Å². The van der Waals surface area contributed by atoms with Gasteiger partial charge in [-0.05, 0) is 18.8 Å². The minimum absolute atomic E-state index is 0.0926. The molecule has 1 aliphatic carbocycles. The van der Waals surface area contributed by atoms with E-state index in [2.05, 4.69) is 10.6 Å². The van der Waals surface area contributed by atoms with E-state index < -0.39 is 17.7 Å². The number of alkyl halides is 3. The highest BCUT2D eigenvalue weighted by Crippen LogP contribution is 2.28. The van der Waals surface area contributed by atoms with Gasteiger partial charge in [0.25, 0.3) is 0 Å². The molecule has 1 aliphatic heterocycles. The summed E-state index contributed by atoms with van der Waals surface area (Å²) in [5.41, 5.74) is -0.602. The first-order chi connectivity index (χ1) is 10.8. The number of rotatable bonds is 2. The van der Waals surface area contributed by atoms with Crippen LogP contribution in [0.15, 0.2) is 30.3 Å². The van der Waals surface area contributed by atoms with Crippen molar-refractivity contribution in [1.29, 1.82) is 0 Å². The molecule has 2 atom stereocenters. The van der Waals surface area contributed by atoms with Crippen molar-refractivity contribution in [3.05, 3.63) is 35.9 Å². The molecule has 1 aromatic carbocycles. The van der Waals surface area contributed by atoms with Gasteiger partial charge in [0.05, 0.1) is 5.56 Å². The second kappa shape index (κ2) is 7.02. The van der Waals surface area contributed by atoms with Crippen molar-refractivity contribution < 1.29 is 22.8 Å². The summed E-state index contributed by atoms with van der Waals surface area (Å²) in [6, 6.07) is 6.70. The molecular formula is C16H19F3N2O2. The van der Waals surface area contributed by atoms with E-state index in [0.717, 1.165) is 25.0 Å². The highest BCUT2D eigenvalue weighted by molar-refractivity contribution is 6.02. The van der Waals surface area contributed by atoms with Gasteiger partial charge in [-0.1, -0.05) is 37.3 Å².